The van der Waals surface area contributed by atoms with Gasteiger partial charge in [-0.25, -0.2) is 4.98 Å². The second kappa shape index (κ2) is 5.31. The first-order valence-electron chi connectivity index (χ1n) is 6.13. The molecule has 0 aliphatic heterocycles. The van der Waals surface area contributed by atoms with Gasteiger partial charge in [0.25, 0.3) is 0 Å². The van der Waals surface area contributed by atoms with E-state index in [2.05, 4.69) is 35.4 Å². The first-order valence-corrected chi connectivity index (χ1v) is 7.33. The summed E-state index contributed by atoms with van der Waals surface area (Å²) in [5, 5.41) is 4.70. The molecule has 5 heteroatoms. The van der Waals surface area contributed by atoms with Gasteiger partial charge in [0.05, 0.1) is 22.3 Å². The maximum absolute atomic E-state index is 6.11. The topological polar surface area (TPSA) is 34.1 Å². The van der Waals surface area contributed by atoms with Gasteiger partial charge in [0.2, 0.25) is 0 Å². The molecule has 0 radical (unpaired) electrons. The van der Waals surface area contributed by atoms with Crippen molar-refractivity contribution in [1.29, 1.82) is 0 Å². The van der Waals surface area contributed by atoms with E-state index in [0.29, 0.717) is 10.8 Å². The SMILES string of the molecule is COc1ccc(Nc2nc3cc(C)ccc3s2)cc1Cl. The van der Waals surface area contributed by atoms with Crippen molar-refractivity contribution in [3.8, 4) is 5.75 Å². The lowest BCUT2D eigenvalue weighted by atomic mass is 10.2. The van der Waals surface area contributed by atoms with Crippen LogP contribution in [0.15, 0.2) is 36.4 Å². The van der Waals surface area contributed by atoms with E-state index in [1.165, 1.54) is 5.56 Å². The van der Waals surface area contributed by atoms with E-state index in [1.54, 1.807) is 18.4 Å². The zero-order valence-corrected chi connectivity index (χ0v) is 12.7. The molecule has 3 nitrogen and oxygen atoms in total. The molecule has 0 fully saturated rings. The van der Waals surface area contributed by atoms with Crippen molar-refractivity contribution in [2.24, 2.45) is 0 Å². The smallest absolute Gasteiger partial charge is 0.188 e. The quantitative estimate of drug-likeness (QED) is 0.738. The lowest BCUT2D eigenvalue weighted by molar-refractivity contribution is 0.415. The van der Waals surface area contributed by atoms with Gasteiger partial charge in [-0.1, -0.05) is 29.0 Å². The summed E-state index contributed by atoms with van der Waals surface area (Å²) in [5.74, 6) is 0.664. The van der Waals surface area contributed by atoms with E-state index >= 15 is 0 Å². The van der Waals surface area contributed by atoms with Gasteiger partial charge < -0.3 is 10.1 Å². The minimum Gasteiger partial charge on any atom is -0.495 e. The zero-order chi connectivity index (χ0) is 14.1. The Kier molecular flexibility index (Phi) is 3.51. The Balaban J connectivity index is 1.90. The Labute approximate surface area is 126 Å². The number of nitrogens with one attached hydrogen (secondary N) is 1. The molecular weight excluding hydrogens is 292 g/mol. The van der Waals surface area contributed by atoms with Gasteiger partial charge in [0.1, 0.15) is 5.75 Å². The van der Waals surface area contributed by atoms with Crippen molar-refractivity contribution in [2.45, 2.75) is 6.92 Å². The van der Waals surface area contributed by atoms with Gasteiger partial charge in [-0.05, 0) is 42.8 Å². The number of methoxy groups -OCH3 is 1. The Morgan fingerprint density at radius 1 is 1.20 bits per heavy atom. The molecule has 0 saturated carbocycles. The lowest BCUT2D eigenvalue weighted by Crippen LogP contribution is -1.90. The molecule has 20 heavy (non-hydrogen) atoms. The summed E-state index contributed by atoms with van der Waals surface area (Å²) in [5.41, 5.74) is 3.12. The number of hydrogen-bond acceptors (Lipinski definition) is 4. The lowest BCUT2D eigenvalue weighted by Gasteiger charge is -2.06. The zero-order valence-electron chi connectivity index (χ0n) is 11.1. The molecule has 1 aromatic heterocycles. The number of aromatic nitrogens is 1. The first kappa shape index (κ1) is 13.2. The number of halogens is 1. The number of anilines is 2. The summed E-state index contributed by atoms with van der Waals surface area (Å²) in [6, 6.07) is 11.9. The van der Waals surface area contributed by atoms with Crippen molar-refractivity contribution in [1.82, 2.24) is 4.98 Å². The van der Waals surface area contributed by atoms with E-state index in [4.69, 9.17) is 16.3 Å². The van der Waals surface area contributed by atoms with Crippen LogP contribution in [0.3, 0.4) is 0 Å². The van der Waals surface area contributed by atoms with Crippen LogP contribution < -0.4 is 10.1 Å². The molecule has 0 saturated heterocycles. The van der Waals surface area contributed by atoms with Gasteiger partial charge in [-0.3, -0.25) is 0 Å². The Morgan fingerprint density at radius 2 is 2.05 bits per heavy atom. The molecule has 0 bridgehead atoms. The summed E-state index contributed by atoms with van der Waals surface area (Å²) in [6.07, 6.45) is 0. The van der Waals surface area contributed by atoms with Crippen molar-refractivity contribution < 1.29 is 4.74 Å². The molecule has 0 atom stereocenters. The second-order valence-electron chi connectivity index (χ2n) is 4.46. The van der Waals surface area contributed by atoms with E-state index in [-0.39, 0.29) is 0 Å². The fraction of sp³-hybridized carbons (Fsp3) is 0.133. The van der Waals surface area contributed by atoms with E-state index in [9.17, 15) is 0 Å². The Morgan fingerprint density at radius 3 is 2.80 bits per heavy atom. The minimum atomic E-state index is 0.578. The summed E-state index contributed by atoms with van der Waals surface area (Å²) < 4.78 is 6.30. The van der Waals surface area contributed by atoms with Crippen molar-refractivity contribution in [3.63, 3.8) is 0 Å². The van der Waals surface area contributed by atoms with E-state index in [0.717, 1.165) is 21.0 Å². The number of fused-ring (bicyclic) bond motifs is 1. The molecule has 0 aliphatic carbocycles. The number of rotatable bonds is 3. The average molecular weight is 305 g/mol. The summed E-state index contributed by atoms with van der Waals surface area (Å²) in [7, 11) is 1.60. The third kappa shape index (κ3) is 2.57. The highest BCUT2D eigenvalue weighted by Crippen LogP contribution is 2.32. The van der Waals surface area contributed by atoms with E-state index in [1.807, 2.05) is 18.2 Å². The number of thiazole rings is 1. The fourth-order valence-corrected chi connectivity index (χ4v) is 3.08. The van der Waals surface area contributed by atoms with Crippen LogP contribution in [0.4, 0.5) is 10.8 Å². The summed E-state index contributed by atoms with van der Waals surface area (Å²) >= 11 is 7.73. The van der Waals surface area contributed by atoms with Gasteiger partial charge in [-0.15, -0.1) is 0 Å². The Bertz CT molecular complexity index is 770. The van der Waals surface area contributed by atoms with Crippen molar-refractivity contribution >= 4 is 44.0 Å². The molecule has 0 aliphatic rings. The highest BCUT2D eigenvalue weighted by Gasteiger charge is 2.06. The molecular formula is C15H13ClN2OS. The number of aryl methyl sites for hydroxylation is 1. The predicted molar refractivity (Wildman–Crippen MR) is 85.6 cm³/mol. The maximum atomic E-state index is 6.11. The van der Waals surface area contributed by atoms with Crippen LogP contribution in [0, 0.1) is 6.92 Å². The number of benzene rings is 2. The predicted octanol–water partition coefficient (Wildman–Crippen LogP) is 5.01. The van der Waals surface area contributed by atoms with Crippen molar-refractivity contribution in [2.75, 3.05) is 12.4 Å². The fourth-order valence-electron chi connectivity index (χ4n) is 1.96. The minimum absolute atomic E-state index is 0.578. The molecule has 2 aromatic carbocycles. The average Bonchev–Trinajstić information content (AvgIpc) is 2.80. The summed E-state index contributed by atoms with van der Waals surface area (Å²) in [6.45, 7) is 2.06. The number of ether oxygens (including phenoxy) is 1. The van der Waals surface area contributed by atoms with Gasteiger partial charge in [0.15, 0.2) is 5.13 Å². The second-order valence-corrected chi connectivity index (χ2v) is 5.90. The highest BCUT2D eigenvalue weighted by molar-refractivity contribution is 7.22. The molecule has 102 valence electrons. The number of hydrogen-bond donors (Lipinski definition) is 1. The normalized spacial score (nSPS) is 10.8. The molecule has 0 amide bonds. The molecule has 3 aromatic rings. The molecule has 0 unspecified atom stereocenters. The third-order valence-electron chi connectivity index (χ3n) is 2.95. The van der Waals surface area contributed by atoms with Gasteiger partial charge in [0, 0.05) is 5.69 Å². The van der Waals surface area contributed by atoms with Crippen LogP contribution in [0.25, 0.3) is 10.2 Å². The highest BCUT2D eigenvalue weighted by atomic mass is 35.5. The monoisotopic (exact) mass is 304 g/mol. The van der Waals surface area contributed by atoms with Crippen LogP contribution in [0.5, 0.6) is 5.75 Å². The molecule has 1 heterocycles. The van der Waals surface area contributed by atoms with Crippen molar-refractivity contribution in [3.05, 3.63) is 47.0 Å². The van der Waals surface area contributed by atoms with Crippen LogP contribution in [0.1, 0.15) is 5.56 Å². The standard InChI is InChI=1S/C15H13ClN2OS/c1-9-3-6-14-12(7-9)18-15(20-14)17-10-4-5-13(19-2)11(16)8-10/h3-8H,1-2H3,(H,17,18). The van der Waals surface area contributed by atoms with Gasteiger partial charge >= 0.3 is 0 Å². The maximum Gasteiger partial charge on any atom is 0.188 e. The van der Waals surface area contributed by atoms with Gasteiger partial charge in [-0.2, -0.15) is 0 Å². The molecule has 3 rings (SSSR count). The third-order valence-corrected chi connectivity index (χ3v) is 4.19. The van der Waals surface area contributed by atoms with Crippen LogP contribution in [-0.2, 0) is 0 Å². The molecule has 1 N–H and O–H groups in total. The first-order chi connectivity index (χ1) is 9.65. The van der Waals surface area contributed by atoms with Crippen LogP contribution in [0.2, 0.25) is 5.02 Å². The largest absolute Gasteiger partial charge is 0.495 e. The summed E-state index contributed by atoms with van der Waals surface area (Å²) in [4.78, 5) is 4.57. The van der Waals surface area contributed by atoms with E-state index < -0.39 is 0 Å². The Hall–Kier alpha value is -1.78. The molecule has 0 spiro atoms. The number of nitrogens with zero attached hydrogens (tertiary/aromatic N) is 1. The van der Waals surface area contributed by atoms with Crippen LogP contribution >= 0.6 is 22.9 Å². The van der Waals surface area contributed by atoms with Crippen LogP contribution in [-0.4, -0.2) is 12.1 Å².